The van der Waals surface area contributed by atoms with Crippen molar-refractivity contribution in [2.75, 3.05) is 18.0 Å². The number of hydrogen-bond acceptors (Lipinski definition) is 5. The number of nitrogens with zero attached hydrogens (tertiary/aromatic N) is 3. The summed E-state index contributed by atoms with van der Waals surface area (Å²) < 4.78 is 5.15. The van der Waals surface area contributed by atoms with E-state index in [0.29, 0.717) is 11.0 Å². The van der Waals surface area contributed by atoms with Crippen LogP contribution in [0.2, 0.25) is 0 Å². The Kier molecular flexibility index (Phi) is 3.72. The third-order valence-electron chi connectivity index (χ3n) is 3.24. The predicted octanol–water partition coefficient (Wildman–Crippen LogP) is 2.38. The van der Waals surface area contributed by atoms with Gasteiger partial charge in [0.25, 0.3) is 0 Å². The number of rotatable bonds is 3. The molecule has 0 radical (unpaired) electrons. The van der Waals surface area contributed by atoms with Crippen molar-refractivity contribution in [2.24, 2.45) is 0 Å². The highest BCUT2D eigenvalue weighted by Gasteiger charge is 2.15. The van der Waals surface area contributed by atoms with Crippen LogP contribution in [0.3, 0.4) is 0 Å². The molecule has 0 spiro atoms. The first-order chi connectivity index (χ1) is 9.65. The monoisotopic (exact) mass is 267 g/mol. The molecule has 100 valence electrons. The second kappa shape index (κ2) is 5.46. The fraction of sp³-hybridized carbons (Fsp3) is 0.267. The van der Waals surface area contributed by atoms with Crippen LogP contribution in [-0.2, 0) is 0 Å². The third kappa shape index (κ3) is 2.10. The fourth-order valence-corrected chi connectivity index (χ4v) is 2.19. The molecule has 0 amide bonds. The highest BCUT2D eigenvalue weighted by atomic mass is 16.4. The summed E-state index contributed by atoms with van der Waals surface area (Å²) in [7, 11) is 0. The lowest BCUT2D eigenvalue weighted by molar-refractivity contribution is 0.558. The Hall–Kier alpha value is -2.79. The average Bonchev–Trinajstić information content (AvgIpc) is 2.46. The number of nitriles is 2. The van der Waals surface area contributed by atoms with Crippen LogP contribution in [0.15, 0.2) is 27.4 Å². The standard InChI is InChI=1S/C15H13N3O2/c1-3-18(4-2)10-5-6-11-12(8-16)13(9-17)15(19)20-14(11)7-10/h5-7H,3-4H2,1-2H3. The van der Waals surface area contributed by atoms with Crippen LogP contribution in [0.25, 0.3) is 11.0 Å². The Bertz CT molecular complexity index is 790. The molecular weight excluding hydrogens is 254 g/mol. The summed E-state index contributed by atoms with van der Waals surface area (Å²) in [6.07, 6.45) is 0. The average molecular weight is 267 g/mol. The first kappa shape index (κ1) is 13.6. The molecular formula is C15H13N3O2. The zero-order chi connectivity index (χ0) is 14.7. The van der Waals surface area contributed by atoms with Crippen molar-refractivity contribution < 1.29 is 4.42 Å². The minimum absolute atomic E-state index is 0.0739. The molecule has 1 heterocycles. The van der Waals surface area contributed by atoms with E-state index in [1.807, 2.05) is 26.0 Å². The van der Waals surface area contributed by atoms with Crippen LogP contribution in [0.1, 0.15) is 25.0 Å². The molecule has 1 aromatic heterocycles. The van der Waals surface area contributed by atoms with Crippen LogP contribution < -0.4 is 10.5 Å². The summed E-state index contributed by atoms with van der Waals surface area (Å²) in [6, 6.07) is 8.94. The zero-order valence-electron chi connectivity index (χ0n) is 11.3. The van der Waals surface area contributed by atoms with E-state index in [1.165, 1.54) is 0 Å². The largest absolute Gasteiger partial charge is 0.422 e. The van der Waals surface area contributed by atoms with Gasteiger partial charge in [0.15, 0.2) is 5.56 Å². The number of fused-ring (bicyclic) bond motifs is 1. The maximum atomic E-state index is 11.7. The molecule has 0 bridgehead atoms. The Morgan fingerprint density at radius 3 is 2.35 bits per heavy atom. The number of hydrogen-bond donors (Lipinski definition) is 0. The quantitative estimate of drug-likeness (QED) is 0.797. The predicted molar refractivity (Wildman–Crippen MR) is 75.5 cm³/mol. The fourth-order valence-electron chi connectivity index (χ4n) is 2.19. The second-order valence-corrected chi connectivity index (χ2v) is 4.22. The van der Waals surface area contributed by atoms with Gasteiger partial charge in [0.2, 0.25) is 0 Å². The maximum Gasteiger partial charge on any atom is 0.355 e. The highest BCUT2D eigenvalue weighted by Crippen LogP contribution is 2.24. The SMILES string of the molecule is CCN(CC)c1ccc2c(C#N)c(C#N)c(=O)oc2c1. The molecule has 2 rings (SSSR count). The minimum Gasteiger partial charge on any atom is -0.422 e. The van der Waals surface area contributed by atoms with E-state index in [2.05, 4.69) is 4.90 Å². The van der Waals surface area contributed by atoms with Crippen LogP contribution in [-0.4, -0.2) is 13.1 Å². The molecule has 0 atom stereocenters. The van der Waals surface area contributed by atoms with E-state index >= 15 is 0 Å². The summed E-state index contributed by atoms with van der Waals surface area (Å²) in [5.41, 5.74) is 0.308. The summed E-state index contributed by atoms with van der Waals surface area (Å²) in [6.45, 7) is 5.72. The van der Waals surface area contributed by atoms with E-state index < -0.39 is 5.63 Å². The molecule has 0 N–H and O–H groups in total. The van der Waals surface area contributed by atoms with Gasteiger partial charge in [-0.1, -0.05) is 0 Å². The highest BCUT2D eigenvalue weighted by molar-refractivity contribution is 5.87. The minimum atomic E-state index is -0.770. The zero-order valence-corrected chi connectivity index (χ0v) is 11.3. The lowest BCUT2D eigenvalue weighted by Gasteiger charge is -2.21. The van der Waals surface area contributed by atoms with Gasteiger partial charge in [0.1, 0.15) is 17.7 Å². The van der Waals surface area contributed by atoms with Crippen LogP contribution in [0.5, 0.6) is 0 Å². The first-order valence-electron chi connectivity index (χ1n) is 6.32. The molecule has 0 aliphatic rings. The lowest BCUT2D eigenvalue weighted by Crippen LogP contribution is -2.21. The van der Waals surface area contributed by atoms with Crippen molar-refractivity contribution in [2.45, 2.75) is 13.8 Å². The van der Waals surface area contributed by atoms with Gasteiger partial charge in [0, 0.05) is 30.2 Å². The molecule has 0 aliphatic carbocycles. The molecule has 0 aliphatic heterocycles. The lowest BCUT2D eigenvalue weighted by atomic mass is 10.1. The van der Waals surface area contributed by atoms with E-state index in [4.69, 9.17) is 14.9 Å². The van der Waals surface area contributed by atoms with Crippen LogP contribution in [0, 0.1) is 22.7 Å². The van der Waals surface area contributed by atoms with Gasteiger partial charge in [0.05, 0.1) is 5.56 Å². The van der Waals surface area contributed by atoms with Crippen molar-refractivity contribution in [1.82, 2.24) is 0 Å². The Morgan fingerprint density at radius 2 is 1.80 bits per heavy atom. The van der Waals surface area contributed by atoms with Gasteiger partial charge in [-0.15, -0.1) is 0 Å². The van der Waals surface area contributed by atoms with Gasteiger partial charge in [-0.2, -0.15) is 10.5 Å². The summed E-state index contributed by atoms with van der Waals surface area (Å²) in [5, 5.41) is 18.6. The molecule has 0 saturated heterocycles. The van der Waals surface area contributed by atoms with E-state index in [-0.39, 0.29) is 11.1 Å². The van der Waals surface area contributed by atoms with Crippen molar-refractivity contribution in [3.05, 3.63) is 39.7 Å². The molecule has 2 aromatic rings. The van der Waals surface area contributed by atoms with Gasteiger partial charge in [-0.3, -0.25) is 0 Å². The first-order valence-corrected chi connectivity index (χ1v) is 6.32. The summed E-state index contributed by atoms with van der Waals surface area (Å²) in [5.74, 6) is 0. The normalized spacial score (nSPS) is 10.0. The summed E-state index contributed by atoms with van der Waals surface area (Å²) >= 11 is 0. The summed E-state index contributed by atoms with van der Waals surface area (Å²) in [4.78, 5) is 13.8. The molecule has 0 saturated carbocycles. The Labute approximate surface area is 116 Å². The molecule has 20 heavy (non-hydrogen) atoms. The smallest absolute Gasteiger partial charge is 0.355 e. The molecule has 0 unspecified atom stereocenters. The van der Waals surface area contributed by atoms with E-state index in [1.54, 1.807) is 18.2 Å². The van der Waals surface area contributed by atoms with E-state index in [9.17, 15) is 4.79 Å². The van der Waals surface area contributed by atoms with Crippen LogP contribution in [0.4, 0.5) is 5.69 Å². The van der Waals surface area contributed by atoms with Crippen molar-refractivity contribution >= 4 is 16.7 Å². The molecule has 5 nitrogen and oxygen atoms in total. The molecule has 0 fully saturated rings. The van der Waals surface area contributed by atoms with Gasteiger partial charge < -0.3 is 9.32 Å². The van der Waals surface area contributed by atoms with Crippen molar-refractivity contribution in [1.29, 1.82) is 10.5 Å². The third-order valence-corrected chi connectivity index (χ3v) is 3.24. The van der Waals surface area contributed by atoms with Gasteiger partial charge in [-0.25, -0.2) is 4.79 Å². The van der Waals surface area contributed by atoms with Crippen molar-refractivity contribution in [3.63, 3.8) is 0 Å². The van der Waals surface area contributed by atoms with E-state index in [0.717, 1.165) is 18.8 Å². The maximum absolute atomic E-state index is 11.7. The Morgan fingerprint density at radius 1 is 1.15 bits per heavy atom. The van der Waals surface area contributed by atoms with Crippen molar-refractivity contribution in [3.8, 4) is 12.1 Å². The number of anilines is 1. The van der Waals surface area contributed by atoms with Gasteiger partial charge in [-0.05, 0) is 26.0 Å². The molecule has 1 aromatic carbocycles. The molecule has 5 heteroatoms. The second-order valence-electron chi connectivity index (χ2n) is 4.22. The topological polar surface area (TPSA) is 81.0 Å². The number of benzene rings is 1. The van der Waals surface area contributed by atoms with Gasteiger partial charge >= 0.3 is 5.63 Å². The van der Waals surface area contributed by atoms with Crippen LogP contribution >= 0.6 is 0 Å². The Balaban J connectivity index is 2.77.